The molecular weight excluding hydrogens is 399 g/mol. The average Bonchev–Trinajstić information content (AvgIpc) is 2.76. The van der Waals surface area contributed by atoms with Crippen LogP contribution in [0.4, 0.5) is 21.5 Å². The van der Waals surface area contributed by atoms with Gasteiger partial charge in [0.1, 0.15) is 5.82 Å². The fraction of sp³-hybridized carbons (Fsp3) is 0.391. The molecule has 1 heterocycles. The topological polar surface area (TPSA) is 73.9 Å². The van der Waals surface area contributed by atoms with Gasteiger partial charge in [-0.25, -0.2) is 4.39 Å². The molecule has 3 rings (SSSR count). The summed E-state index contributed by atoms with van der Waals surface area (Å²) < 4.78 is 19.0. The molecule has 0 radical (unpaired) electrons. The number of aryl methyl sites for hydroxylation is 1. The third kappa shape index (κ3) is 6.26. The lowest BCUT2D eigenvalue weighted by molar-refractivity contribution is -0.122. The third-order valence-electron chi connectivity index (χ3n) is 5.40. The van der Waals surface area contributed by atoms with Gasteiger partial charge in [0, 0.05) is 30.2 Å². The zero-order valence-electron chi connectivity index (χ0n) is 18.2. The molecule has 2 aromatic carbocycles. The second-order valence-electron chi connectivity index (χ2n) is 7.74. The number of ether oxygens (including phenoxy) is 1. The van der Waals surface area contributed by atoms with E-state index in [2.05, 4.69) is 15.5 Å². The lowest BCUT2D eigenvalue weighted by Gasteiger charge is -2.29. The molecule has 1 unspecified atom stereocenters. The maximum Gasteiger partial charge on any atom is 0.241 e. The van der Waals surface area contributed by atoms with Gasteiger partial charge in [0.25, 0.3) is 0 Å². The summed E-state index contributed by atoms with van der Waals surface area (Å²) in [5.41, 5.74) is 2.69. The molecule has 7 nitrogen and oxygen atoms in total. The lowest BCUT2D eigenvalue weighted by Crippen LogP contribution is -2.43. The molecule has 2 amide bonds. The monoisotopic (exact) mass is 428 g/mol. The SMILES string of the molecule is Cc1ccc(NC(=O)C(C)N(C)CC(=O)Nc2ccc(N3CCOCC3)cc2)cc1F. The highest BCUT2D eigenvalue weighted by atomic mass is 19.1. The normalized spacial score (nSPS) is 14.9. The van der Waals surface area contributed by atoms with Crippen LogP contribution in [0.3, 0.4) is 0 Å². The van der Waals surface area contributed by atoms with E-state index in [1.54, 1.807) is 37.9 Å². The molecule has 1 aliphatic heterocycles. The number of carbonyl (C=O) groups is 2. The second-order valence-corrected chi connectivity index (χ2v) is 7.74. The number of carbonyl (C=O) groups excluding carboxylic acids is 2. The van der Waals surface area contributed by atoms with Gasteiger partial charge in [-0.2, -0.15) is 0 Å². The predicted molar refractivity (Wildman–Crippen MR) is 120 cm³/mol. The summed E-state index contributed by atoms with van der Waals surface area (Å²) in [6.07, 6.45) is 0. The summed E-state index contributed by atoms with van der Waals surface area (Å²) in [6.45, 7) is 6.54. The number of likely N-dealkylation sites (N-methyl/N-ethyl adjacent to an activating group) is 1. The number of morpholine rings is 1. The van der Waals surface area contributed by atoms with Crippen molar-refractivity contribution in [3.8, 4) is 0 Å². The summed E-state index contributed by atoms with van der Waals surface area (Å²) in [5, 5.41) is 5.54. The number of nitrogens with zero attached hydrogens (tertiary/aromatic N) is 2. The fourth-order valence-electron chi connectivity index (χ4n) is 3.26. The molecule has 0 bridgehead atoms. The van der Waals surface area contributed by atoms with Crippen molar-refractivity contribution in [3.05, 3.63) is 53.8 Å². The maximum atomic E-state index is 13.7. The first-order valence-electron chi connectivity index (χ1n) is 10.3. The van der Waals surface area contributed by atoms with E-state index in [1.807, 2.05) is 24.3 Å². The van der Waals surface area contributed by atoms with Crippen LogP contribution in [-0.4, -0.2) is 62.7 Å². The van der Waals surface area contributed by atoms with Crippen molar-refractivity contribution < 1.29 is 18.7 Å². The zero-order valence-corrected chi connectivity index (χ0v) is 18.2. The van der Waals surface area contributed by atoms with Crippen molar-refractivity contribution in [2.45, 2.75) is 19.9 Å². The highest BCUT2D eigenvalue weighted by Gasteiger charge is 2.21. The van der Waals surface area contributed by atoms with Gasteiger partial charge in [0.2, 0.25) is 11.8 Å². The van der Waals surface area contributed by atoms with Gasteiger partial charge >= 0.3 is 0 Å². The van der Waals surface area contributed by atoms with E-state index in [1.165, 1.54) is 6.07 Å². The second kappa shape index (κ2) is 10.4. The van der Waals surface area contributed by atoms with Gasteiger partial charge in [0.15, 0.2) is 0 Å². The van der Waals surface area contributed by atoms with Crippen LogP contribution in [-0.2, 0) is 14.3 Å². The molecule has 1 aliphatic rings. The van der Waals surface area contributed by atoms with E-state index in [4.69, 9.17) is 4.74 Å². The molecule has 0 aliphatic carbocycles. The van der Waals surface area contributed by atoms with E-state index in [-0.39, 0.29) is 24.2 Å². The average molecular weight is 429 g/mol. The van der Waals surface area contributed by atoms with Crippen molar-refractivity contribution >= 4 is 28.9 Å². The van der Waals surface area contributed by atoms with Crippen LogP contribution in [0.25, 0.3) is 0 Å². The molecule has 0 saturated carbocycles. The number of amides is 2. The third-order valence-corrected chi connectivity index (χ3v) is 5.40. The number of hydrogen-bond acceptors (Lipinski definition) is 5. The van der Waals surface area contributed by atoms with Crippen LogP contribution in [0.5, 0.6) is 0 Å². The van der Waals surface area contributed by atoms with Crippen molar-refractivity contribution in [3.63, 3.8) is 0 Å². The molecular formula is C23H29FN4O3. The Morgan fingerprint density at radius 2 is 1.74 bits per heavy atom. The standard InChI is InChI=1S/C23H29FN4O3/c1-16-4-5-19(14-21(16)24)26-23(30)17(2)27(3)15-22(29)25-18-6-8-20(9-7-18)28-10-12-31-13-11-28/h4-9,14,17H,10-13,15H2,1-3H3,(H,25,29)(H,26,30). The number of anilines is 3. The Balaban J connectivity index is 1.49. The van der Waals surface area contributed by atoms with Crippen LogP contribution in [0, 0.1) is 12.7 Å². The Morgan fingerprint density at radius 1 is 1.10 bits per heavy atom. The van der Waals surface area contributed by atoms with Crippen LogP contribution >= 0.6 is 0 Å². The Morgan fingerprint density at radius 3 is 2.39 bits per heavy atom. The van der Waals surface area contributed by atoms with Crippen molar-refractivity contribution in [2.75, 3.05) is 55.4 Å². The first-order chi connectivity index (χ1) is 14.8. The molecule has 2 aromatic rings. The van der Waals surface area contributed by atoms with Crippen molar-refractivity contribution in [2.24, 2.45) is 0 Å². The van der Waals surface area contributed by atoms with Gasteiger partial charge in [-0.3, -0.25) is 14.5 Å². The molecule has 1 atom stereocenters. The smallest absolute Gasteiger partial charge is 0.241 e. The number of hydrogen-bond donors (Lipinski definition) is 2. The summed E-state index contributed by atoms with van der Waals surface area (Å²) in [6, 6.07) is 11.7. The molecule has 0 aromatic heterocycles. The number of halogens is 1. The summed E-state index contributed by atoms with van der Waals surface area (Å²) >= 11 is 0. The quantitative estimate of drug-likeness (QED) is 0.710. The lowest BCUT2D eigenvalue weighted by atomic mass is 10.2. The largest absolute Gasteiger partial charge is 0.378 e. The summed E-state index contributed by atoms with van der Waals surface area (Å²) in [5.74, 6) is -0.908. The van der Waals surface area contributed by atoms with Gasteiger partial charge in [-0.05, 0) is 62.9 Å². The molecule has 1 fully saturated rings. The minimum atomic E-state index is -0.571. The number of benzene rings is 2. The molecule has 2 N–H and O–H groups in total. The van der Waals surface area contributed by atoms with Gasteiger partial charge in [0.05, 0.1) is 25.8 Å². The van der Waals surface area contributed by atoms with E-state index in [0.717, 1.165) is 32.0 Å². The molecule has 166 valence electrons. The fourth-order valence-corrected chi connectivity index (χ4v) is 3.26. The van der Waals surface area contributed by atoms with E-state index in [9.17, 15) is 14.0 Å². The van der Waals surface area contributed by atoms with E-state index >= 15 is 0 Å². The van der Waals surface area contributed by atoms with Crippen LogP contribution < -0.4 is 15.5 Å². The van der Waals surface area contributed by atoms with E-state index < -0.39 is 6.04 Å². The number of nitrogens with one attached hydrogen (secondary N) is 2. The Bertz CT molecular complexity index is 914. The molecule has 0 spiro atoms. The maximum absolute atomic E-state index is 13.7. The first-order valence-corrected chi connectivity index (χ1v) is 10.3. The van der Waals surface area contributed by atoms with E-state index in [0.29, 0.717) is 16.9 Å². The summed E-state index contributed by atoms with van der Waals surface area (Å²) in [7, 11) is 1.70. The minimum Gasteiger partial charge on any atom is -0.378 e. The Hall–Kier alpha value is -2.97. The molecule has 31 heavy (non-hydrogen) atoms. The van der Waals surface area contributed by atoms with Gasteiger partial charge < -0.3 is 20.3 Å². The predicted octanol–water partition coefficient (Wildman–Crippen LogP) is 2.87. The van der Waals surface area contributed by atoms with Gasteiger partial charge in [-0.1, -0.05) is 6.07 Å². The van der Waals surface area contributed by atoms with Crippen LogP contribution in [0.1, 0.15) is 12.5 Å². The van der Waals surface area contributed by atoms with Crippen molar-refractivity contribution in [1.29, 1.82) is 0 Å². The Kier molecular flexibility index (Phi) is 7.59. The highest BCUT2D eigenvalue weighted by Crippen LogP contribution is 2.19. The highest BCUT2D eigenvalue weighted by molar-refractivity contribution is 5.96. The number of rotatable bonds is 7. The Labute approximate surface area is 182 Å². The minimum absolute atomic E-state index is 0.0437. The van der Waals surface area contributed by atoms with Crippen LogP contribution in [0.2, 0.25) is 0 Å². The van der Waals surface area contributed by atoms with Crippen molar-refractivity contribution in [1.82, 2.24) is 4.90 Å². The van der Waals surface area contributed by atoms with Crippen LogP contribution in [0.15, 0.2) is 42.5 Å². The zero-order chi connectivity index (χ0) is 22.4. The summed E-state index contributed by atoms with van der Waals surface area (Å²) in [4.78, 5) is 28.7. The first kappa shape index (κ1) is 22.7. The van der Waals surface area contributed by atoms with Gasteiger partial charge in [-0.15, -0.1) is 0 Å². The molecule has 8 heteroatoms. The molecule has 1 saturated heterocycles.